The molecule has 1 aromatic rings. The first-order valence-electron chi connectivity index (χ1n) is 7.04. The van der Waals surface area contributed by atoms with Crippen LogP contribution in [0.5, 0.6) is 0 Å². The predicted octanol–water partition coefficient (Wildman–Crippen LogP) is 2.00. The van der Waals surface area contributed by atoms with Crippen LogP contribution >= 0.6 is 0 Å². The minimum absolute atomic E-state index is 0.742. The molecule has 1 aromatic heterocycles. The first-order valence-corrected chi connectivity index (χ1v) is 7.04. The molecule has 0 saturated carbocycles. The van der Waals surface area contributed by atoms with Crippen LogP contribution in [0.1, 0.15) is 31.9 Å². The second-order valence-electron chi connectivity index (χ2n) is 5.12. The molecular formula is C14H24N4. The molecule has 18 heavy (non-hydrogen) atoms. The molecule has 2 rings (SSSR count). The SMILES string of the molecule is CCCNCC1CCCN(c2nccnc2C)C1. The molecule has 0 amide bonds. The summed E-state index contributed by atoms with van der Waals surface area (Å²) in [5, 5.41) is 3.53. The molecule has 4 heteroatoms. The van der Waals surface area contributed by atoms with Gasteiger partial charge < -0.3 is 10.2 Å². The van der Waals surface area contributed by atoms with E-state index in [-0.39, 0.29) is 0 Å². The van der Waals surface area contributed by atoms with Crippen LogP contribution in [0.4, 0.5) is 5.82 Å². The molecule has 100 valence electrons. The van der Waals surface area contributed by atoms with Gasteiger partial charge in [0.05, 0.1) is 5.69 Å². The van der Waals surface area contributed by atoms with Gasteiger partial charge >= 0.3 is 0 Å². The first-order chi connectivity index (χ1) is 8.81. The molecule has 1 saturated heterocycles. The zero-order chi connectivity index (χ0) is 12.8. The largest absolute Gasteiger partial charge is 0.355 e. The van der Waals surface area contributed by atoms with Crippen molar-refractivity contribution in [3.05, 3.63) is 18.1 Å². The maximum absolute atomic E-state index is 4.48. The van der Waals surface area contributed by atoms with Gasteiger partial charge in [-0.2, -0.15) is 0 Å². The lowest BCUT2D eigenvalue weighted by Crippen LogP contribution is -2.40. The summed E-state index contributed by atoms with van der Waals surface area (Å²) >= 11 is 0. The average molecular weight is 248 g/mol. The molecule has 1 aliphatic rings. The van der Waals surface area contributed by atoms with Gasteiger partial charge in [-0.3, -0.25) is 4.98 Å². The summed E-state index contributed by atoms with van der Waals surface area (Å²) in [4.78, 5) is 11.2. The topological polar surface area (TPSA) is 41.0 Å². The molecule has 1 unspecified atom stereocenters. The predicted molar refractivity (Wildman–Crippen MR) is 74.9 cm³/mol. The second-order valence-corrected chi connectivity index (χ2v) is 5.12. The van der Waals surface area contributed by atoms with Crippen LogP contribution in [0.2, 0.25) is 0 Å². The Bertz CT molecular complexity index is 367. The number of aryl methyl sites for hydroxylation is 1. The monoisotopic (exact) mass is 248 g/mol. The highest BCUT2D eigenvalue weighted by molar-refractivity contribution is 5.42. The van der Waals surface area contributed by atoms with Gasteiger partial charge in [-0.25, -0.2) is 4.98 Å². The Hall–Kier alpha value is -1.16. The third kappa shape index (κ3) is 3.42. The number of hydrogen-bond donors (Lipinski definition) is 1. The van der Waals surface area contributed by atoms with Crippen LogP contribution in [-0.4, -0.2) is 36.1 Å². The lowest BCUT2D eigenvalue weighted by atomic mass is 9.98. The minimum atomic E-state index is 0.742. The van der Waals surface area contributed by atoms with E-state index < -0.39 is 0 Å². The number of nitrogens with one attached hydrogen (secondary N) is 1. The van der Waals surface area contributed by atoms with E-state index in [0.717, 1.165) is 43.6 Å². The Morgan fingerprint density at radius 3 is 3.00 bits per heavy atom. The maximum Gasteiger partial charge on any atom is 0.150 e. The summed E-state index contributed by atoms with van der Waals surface area (Å²) in [7, 11) is 0. The quantitative estimate of drug-likeness (QED) is 0.809. The summed E-state index contributed by atoms with van der Waals surface area (Å²) < 4.78 is 0. The fourth-order valence-corrected chi connectivity index (χ4v) is 2.62. The lowest BCUT2D eigenvalue weighted by Gasteiger charge is -2.34. The van der Waals surface area contributed by atoms with E-state index in [9.17, 15) is 0 Å². The highest BCUT2D eigenvalue weighted by Gasteiger charge is 2.21. The van der Waals surface area contributed by atoms with Crippen molar-refractivity contribution in [2.45, 2.75) is 33.1 Å². The van der Waals surface area contributed by atoms with Gasteiger partial charge in [0.25, 0.3) is 0 Å². The van der Waals surface area contributed by atoms with Crippen molar-refractivity contribution in [2.24, 2.45) is 5.92 Å². The molecule has 0 aromatic carbocycles. The summed E-state index contributed by atoms with van der Waals surface area (Å²) in [6, 6.07) is 0. The molecule has 0 bridgehead atoms. The molecule has 0 radical (unpaired) electrons. The second kappa shape index (κ2) is 6.69. The number of piperidine rings is 1. The highest BCUT2D eigenvalue weighted by atomic mass is 15.2. The smallest absolute Gasteiger partial charge is 0.150 e. The first kappa shape index (κ1) is 13.3. The van der Waals surface area contributed by atoms with Gasteiger partial charge in [-0.1, -0.05) is 6.92 Å². The number of aromatic nitrogens is 2. The van der Waals surface area contributed by atoms with Gasteiger partial charge in [-0.15, -0.1) is 0 Å². The Morgan fingerprint density at radius 2 is 2.22 bits per heavy atom. The zero-order valence-corrected chi connectivity index (χ0v) is 11.5. The van der Waals surface area contributed by atoms with Crippen molar-refractivity contribution >= 4 is 5.82 Å². The minimum Gasteiger partial charge on any atom is -0.355 e. The maximum atomic E-state index is 4.48. The number of hydrogen-bond acceptors (Lipinski definition) is 4. The average Bonchev–Trinajstić information content (AvgIpc) is 2.40. The summed E-state index contributed by atoms with van der Waals surface area (Å²) in [6.45, 7) is 8.73. The van der Waals surface area contributed by atoms with E-state index in [1.54, 1.807) is 12.4 Å². The molecule has 4 nitrogen and oxygen atoms in total. The van der Waals surface area contributed by atoms with E-state index in [1.165, 1.54) is 19.3 Å². The van der Waals surface area contributed by atoms with E-state index in [0.29, 0.717) is 0 Å². The van der Waals surface area contributed by atoms with Crippen molar-refractivity contribution < 1.29 is 0 Å². The van der Waals surface area contributed by atoms with Gasteiger partial charge in [0.2, 0.25) is 0 Å². The zero-order valence-electron chi connectivity index (χ0n) is 11.5. The van der Waals surface area contributed by atoms with E-state index in [2.05, 4.69) is 27.1 Å². The van der Waals surface area contributed by atoms with Crippen LogP contribution in [0, 0.1) is 12.8 Å². The Kier molecular flexibility index (Phi) is 4.93. The standard InChI is InChI=1S/C14H24N4/c1-3-6-15-10-13-5-4-9-18(11-13)14-12(2)16-7-8-17-14/h7-8,13,15H,3-6,9-11H2,1-2H3. The molecule has 1 atom stereocenters. The number of nitrogens with zero attached hydrogens (tertiary/aromatic N) is 3. The van der Waals surface area contributed by atoms with Crippen molar-refractivity contribution in [3.8, 4) is 0 Å². The molecule has 0 spiro atoms. The van der Waals surface area contributed by atoms with Crippen LogP contribution in [0.15, 0.2) is 12.4 Å². The third-order valence-electron chi connectivity index (χ3n) is 3.53. The molecule has 2 heterocycles. The molecule has 1 fully saturated rings. The Balaban J connectivity index is 1.92. The summed E-state index contributed by atoms with van der Waals surface area (Å²) in [5.74, 6) is 1.81. The Labute approximate surface area is 110 Å². The van der Waals surface area contributed by atoms with Crippen molar-refractivity contribution in [2.75, 3.05) is 31.1 Å². The van der Waals surface area contributed by atoms with Crippen molar-refractivity contribution in [1.29, 1.82) is 0 Å². The Morgan fingerprint density at radius 1 is 1.39 bits per heavy atom. The van der Waals surface area contributed by atoms with Crippen molar-refractivity contribution in [1.82, 2.24) is 15.3 Å². The number of anilines is 1. The van der Waals surface area contributed by atoms with Gasteiger partial charge in [-0.05, 0) is 45.2 Å². The number of rotatable bonds is 5. The van der Waals surface area contributed by atoms with E-state index >= 15 is 0 Å². The van der Waals surface area contributed by atoms with Crippen LogP contribution < -0.4 is 10.2 Å². The third-order valence-corrected chi connectivity index (χ3v) is 3.53. The molecular weight excluding hydrogens is 224 g/mol. The van der Waals surface area contributed by atoms with Gasteiger partial charge in [0, 0.05) is 25.5 Å². The summed E-state index contributed by atoms with van der Waals surface area (Å²) in [5.41, 5.74) is 1.04. The summed E-state index contributed by atoms with van der Waals surface area (Å²) in [6.07, 6.45) is 7.35. The molecule has 1 N–H and O–H groups in total. The molecule has 1 aliphatic heterocycles. The fourth-order valence-electron chi connectivity index (χ4n) is 2.62. The highest BCUT2D eigenvalue weighted by Crippen LogP contribution is 2.22. The van der Waals surface area contributed by atoms with Crippen LogP contribution in [0.25, 0.3) is 0 Å². The normalized spacial score (nSPS) is 20.1. The van der Waals surface area contributed by atoms with E-state index in [4.69, 9.17) is 0 Å². The fraction of sp³-hybridized carbons (Fsp3) is 0.714. The van der Waals surface area contributed by atoms with Crippen molar-refractivity contribution in [3.63, 3.8) is 0 Å². The van der Waals surface area contributed by atoms with E-state index in [1.807, 2.05) is 6.92 Å². The van der Waals surface area contributed by atoms with Crippen LogP contribution in [-0.2, 0) is 0 Å². The molecule has 0 aliphatic carbocycles. The lowest BCUT2D eigenvalue weighted by molar-refractivity contribution is 0.390. The van der Waals surface area contributed by atoms with Gasteiger partial charge in [0.1, 0.15) is 5.82 Å². The van der Waals surface area contributed by atoms with Gasteiger partial charge in [0.15, 0.2) is 0 Å². The van der Waals surface area contributed by atoms with Crippen LogP contribution in [0.3, 0.4) is 0 Å².